The summed E-state index contributed by atoms with van der Waals surface area (Å²) in [7, 11) is 0. The van der Waals surface area contributed by atoms with Gasteiger partial charge in [-0.15, -0.1) is 0 Å². The Hall–Kier alpha value is -0.380. The molecule has 18 heavy (non-hydrogen) atoms. The maximum Gasteiger partial charge on any atom is 0.0323 e. The van der Waals surface area contributed by atoms with Gasteiger partial charge in [0.1, 0.15) is 0 Å². The van der Waals surface area contributed by atoms with Gasteiger partial charge in [0.2, 0.25) is 0 Å². The van der Waals surface area contributed by atoms with Gasteiger partial charge in [-0.05, 0) is 49.9 Å². The molecule has 0 radical (unpaired) electrons. The van der Waals surface area contributed by atoms with E-state index in [9.17, 15) is 0 Å². The van der Waals surface area contributed by atoms with E-state index in [0.717, 1.165) is 11.0 Å². The second-order valence-electron chi connectivity index (χ2n) is 5.39. The molecule has 1 aromatic rings. The molecule has 2 rings (SSSR count). The molecule has 1 aliphatic heterocycles. The highest BCUT2D eigenvalue weighted by atomic mass is 79.9. The van der Waals surface area contributed by atoms with E-state index in [4.69, 9.17) is 5.73 Å². The van der Waals surface area contributed by atoms with Gasteiger partial charge in [0.05, 0.1) is 0 Å². The molecule has 100 valence electrons. The van der Waals surface area contributed by atoms with Crippen molar-refractivity contribution in [2.45, 2.75) is 38.8 Å². The average Bonchev–Trinajstić information content (AvgIpc) is 2.37. The highest BCUT2D eigenvalue weighted by molar-refractivity contribution is 9.10. The lowest BCUT2D eigenvalue weighted by atomic mass is 9.88. The molecular weight excluding hydrogens is 288 g/mol. The Morgan fingerprint density at radius 2 is 2.28 bits per heavy atom. The van der Waals surface area contributed by atoms with Crippen molar-refractivity contribution in [2.24, 2.45) is 11.7 Å². The second-order valence-corrected chi connectivity index (χ2v) is 6.31. The summed E-state index contributed by atoms with van der Waals surface area (Å²) in [5.74, 6) is 0.707. The van der Waals surface area contributed by atoms with E-state index in [0.29, 0.717) is 18.0 Å². The molecule has 0 aliphatic carbocycles. The Kier molecular flexibility index (Phi) is 4.82. The first-order chi connectivity index (χ1) is 8.63. The van der Waals surface area contributed by atoms with Gasteiger partial charge in [-0.3, -0.25) is 4.90 Å². The van der Waals surface area contributed by atoms with E-state index in [2.05, 4.69) is 58.9 Å². The van der Waals surface area contributed by atoms with Gasteiger partial charge >= 0.3 is 0 Å². The molecule has 1 heterocycles. The summed E-state index contributed by atoms with van der Waals surface area (Å²) in [5, 5.41) is 0. The molecule has 0 amide bonds. The van der Waals surface area contributed by atoms with Crippen molar-refractivity contribution in [1.29, 1.82) is 0 Å². The maximum absolute atomic E-state index is 5.98. The van der Waals surface area contributed by atoms with Crippen LogP contribution in [-0.4, -0.2) is 24.0 Å². The fourth-order valence-corrected chi connectivity index (χ4v) is 3.50. The summed E-state index contributed by atoms with van der Waals surface area (Å²) in [6, 6.07) is 9.59. The van der Waals surface area contributed by atoms with Crippen molar-refractivity contribution in [2.75, 3.05) is 13.1 Å². The zero-order valence-corrected chi connectivity index (χ0v) is 12.9. The summed E-state index contributed by atoms with van der Waals surface area (Å²) < 4.78 is 1.15. The van der Waals surface area contributed by atoms with Crippen LogP contribution in [0.3, 0.4) is 0 Å². The lowest BCUT2D eigenvalue weighted by molar-refractivity contribution is 0.0689. The smallest absolute Gasteiger partial charge is 0.0323 e. The van der Waals surface area contributed by atoms with E-state index in [1.807, 2.05) is 0 Å². The average molecular weight is 311 g/mol. The molecule has 2 nitrogen and oxygen atoms in total. The molecule has 0 saturated carbocycles. The van der Waals surface area contributed by atoms with E-state index in [1.165, 1.54) is 24.9 Å². The first kappa shape index (κ1) is 14.0. The van der Waals surface area contributed by atoms with Gasteiger partial charge in [-0.1, -0.05) is 35.0 Å². The number of likely N-dealkylation sites (tertiary alicyclic amines) is 1. The van der Waals surface area contributed by atoms with Crippen LogP contribution in [-0.2, 0) is 0 Å². The number of benzene rings is 1. The lowest BCUT2D eigenvalue weighted by Gasteiger charge is -2.43. The molecule has 0 bridgehead atoms. The summed E-state index contributed by atoms with van der Waals surface area (Å²) in [4.78, 5) is 2.58. The molecule has 0 aromatic heterocycles. The molecule has 3 atom stereocenters. The van der Waals surface area contributed by atoms with Crippen LogP contribution in [0.4, 0.5) is 0 Å². The molecular formula is C15H23BrN2. The first-order valence-corrected chi connectivity index (χ1v) is 7.64. The highest BCUT2D eigenvalue weighted by Gasteiger charge is 2.30. The van der Waals surface area contributed by atoms with Crippen LogP contribution in [0.15, 0.2) is 28.7 Å². The Balaban J connectivity index is 2.18. The van der Waals surface area contributed by atoms with Crippen LogP contribution in [0.25, 0.3) is 0 Å². The standard InChI is InChI=1S/C15H23BrN2/c1-11-5-4-8-18(15(11)10-17)12(2)13-6-3-7-14(16)9-13/h3,6-7,9,11-12,15H,4-5,8,10,17H2,1-2H3. The molecule has 0 spiro atoms. The highest BCUT2D eigenvalue weighted by Crippen LogP contribution is 2.31. The number of hydrogen-bond acceptors (Lipinski definition) is 2. The van der Waals surface area contributed by atoms with E-state index in [1.54, 1.807) is 0 Å². The second kappa shape index (κ2) is 6.18. The minimum atomic E-state index is 0.443. The zero-order chi connectivity index (χ0) is 13.1. The van der Waals surface area contributed by atoms with E-state index in [-0.39, 0.29) is 0 Å². The fourth-order valence-electron chi connectivity index (χ4n) is 3.09. The number of piperidine rings is 1. The first-order valence-electron chi connectivity index (χ1n) is 6.84. The number of nitrogens with zero attached hydrogens (tertiary/aromatic N) is 1. The Bertz CT molecular complexity index is 394. The van der Waals surface area contributed by atoms with Crippen molar-refractivity contribution in [3.8, 4) is 0 Å². The summed E-state index contributed by atoms with van der Waals surface area (Å²) in [5.41, 5.74) is 7.35. The predicted molar refractivity (Wildman–Crippen MR) is 80.5 cm³/mol. The Morgan fingerprint density at radius 3 is 2.94 bits per heavy atom. The van der Waals surface area contributed by atoms with E-state index >= 15 is 0 Å². The molecule has 1 fully saturated rings. The third kappa shape index (κ3) is 2.95. The minimum Gasteiger partial charge on any atom is -0.329 e. The topological polar surface area (TPSA) is 29.3 Å². The van der Waals surface area contributed by atoms with Gasteiger partial charge < -0.3 is 5.73 Å². The molecule has 2 N–H and O–H groups in total. The van der Waals surface area contributed by atoms with Crippen LogP contribution < -0.4 is 5.73 Å². The van der Waals surface area contributed by atoms with Crippen molar-refractivity contribution in [3.05, 3.63) is 34.3 Å². The van der Waals surface area contributed by atoms with Crippen LogP contribution in [0.2, 0.25) is 0 Å². The predicted octanol–water partition coefficient (Wildman–Crippen LogP) is 3.57. The van der Waals surface area contributed by atoms with Crippen LogP contribution >= 0.6 is 15.9 Å². The lowest BCUT2D eigenvalue weighted by Crippen LogP contribution is -2.49. The summed E-state index contributed by atoms with van der Waals surface area (Å²) in [6.45, 7) is 6.55. The fraction of sp³-hybridized carbons (Fsp3) is 0.600. The SMILES string of the molecule is CC1CCCN(C(C)c2cccc(Br)c2)C1CN. The van der Waals surface area contributed by atoms with Gasteiger partial charge in [0.15, 0.2) is 0 Å². The van der Waals surface area contributed by atoms with Gasteiger partial charge in [0.25, 0.3) is 0 Å². The monoisotopic (exact) mass is 310 g/mol. The number of hydrogen-bond donors (Lipinski definition) is 1. The van der Waals surface area contributed by atoms with Gasteiger partial charge in [-0.2, -0.15) is 0 Å². The van der Waals surface area contributed by atoms with Crippen LogP contribution in [0.5, 0.6) is 0 Å². The molecule has 3 heteroatoms. The largest absolute Gasteiger partial charge is 0.329 e. The third-order valence-electron chi connectivity index (χ3n) is 4.23. The number of rotatable bonds is 3. The molecule has 1 aliphatic rings. The minimum absolute atomic E-state index is 0.443. The van der Waals surface area contributed by atoms with Crippen molar-refractivity contribution in [3.63, 3.8) is 0 Å². The van der Waals surface area contributed by atoms with Crippen LogP contribution in [0, 0.1) is 5.92 Å². The third-order valence-corrected chi connectivity index (χ3v) is 4.72. The Labute approximate surface area is 119 Å². The maximum atomic E-state index is 5.98. The van der Waals surface area contributed by atoms with Gasteiger partial charge in [0, 0.05) is 23.1 Å². The zero-order valence-electron chi connectivity index (χ0n) is 11.3. The number of nitrogens with two attached hydrogens (primary N) is 1. The Morgan fingerprint density at radius 1 is 1.50 bits per heavy atom. The molecule has 1 aromatic carbocycles. The van der Waals surface area contributed by atoms with Gasteiger partial charge in [-0.25, -0.2) is 0 Å². The van der Waals surface area contributed by atoms with Crippen molar-refractivity contribution >= 4 is 15.9 Å². The number of halogens is 1. The summed E-state index contributed by atoms with van der Waals surface area (Å²) in [6.07, 6.45) is 2.60. The van der Waals surface area contributed by atoms with Crippen molar-refractivity contribution in [1.82, 2.24) is 4.90 Å². The molecule has 1 saturated heterocycles. The van der Waals surface area contributed by atoms with Crippen molar-refractivity contribution < 1.29 is 0 Å². The quantitative estimate of drug-likeness (QED) is 0.924. The summed E-state index contributed by atoms with van der Waals surface area (Å²) >= 11 is 3.56. The molecule has 3 unspecified atom stereocenters. The van der Waals surface area contributed by atoms with Crippen LogP contribution in [0.1, 0.15) is 38.3 Å². The van der Waals surface area contributed by atoms with E-state index < -0.39 is 0 Å². The normalized spacial score (nSPS) is 27.1.